The fourth-order valence-electron chi connectivity index (χ4n) is 4.23. The van der Waals surface area contributed by atoms with E-state index >= 15 is 0 Å². The molecule has 1 fully saturated rings. The summed E-state index contributed by atoms with van der Waals surface area (Å²) >= 11 is 0. The number of phenols is 1. The first-order valence-corrected chi connectivity index (χ1v) is 12.9. The van der Waals surface area contributed by atoms with Crippen molar-refractivity contribution in [2.75, 3.05) is 6.61 Å². The number of ether oxygens (including phenoxy) is 7. The molecule has 1 heterocycles. The van der Waals surface area contributed by atoms with E-state index in [1.807, 2.05) is 0 Å². The Hall–Kier alpha value is -4.98. The molecule has 0 bridgehead atoms. The van der Waals surface area contributed by atoms with E-state index < -0.39 is 78.7 Å². The first kappa shape index (κ1) is 32.5. The van der Waals surface area contributed by atoms with Crippen molar-refractivity contribution >= 4 is 35.6 Å². The number of phenolic OH excluding ortho intramolecular Hbond substituents is 1. The van der Waals surface area contributed by atoms with Gasteiger partial charge in [0, 0.05) is 39.8 Å². The molecule has 14 nitrogen and oxygen atoms in total. The summed E-state index contributed by atoms with van der Waals surface area (Å²) in [7, 11) is 0. The second-order valence-electron chi connectivity index (χ2n) is 9.31. The Morgan fingerprint density at radius 3 is 1.91 bits per heavy atom. The summed E-state index contributed by atoms with van der Waals surface area (Å²) < 4.78 is 38.3. The molecule has 230 valence electrons. The number of carbonyl (C=O) groups is 6. The van der Waals surface area contributed by atoms with Gasteiger partial charge < -0.3 is 38.3 Å². The molecule has 0 aliphatic carbocycles. The van der Waals surface area contributed by atoms with E-state index in [1.54, 1.807) is 18.2 Å². The maximum atomic E-state index is 12.6. The number of rotatable bonds is 10. The Labute approximate surface area is 245 Å². The second kappa shape index (κ2) is 14.3. The number of esters is 5. The third-order valence-electron chi connectivity index (χ3n) is 5.82. The van der Waals surface area contributed by atoms with Crippen LogP contribution in [-0.4, -0.2) is 78.0 Å². The van der Waals surface area contributed by atoms with E-state index in [-0.39, 0.29) is 22.6 Å². The van der Waals surface area contributed by atoms with Crippen LogP contribution in [0.4, 0.5) is 0 Å². The van der Waals surface area contributed by atoms with Crippen LogP contribution < -0.4 is 9.47 Å². The summed E-state index contributed by atoms with van der Waals surface area (Å²) in [6.07, 6.45) is -7.64. The van der Waals surface area contributed by atoms with Crippen molar-refractivity contribution in [3.05, 3.63) is 53.6 Å². The summed E-state index contributed by atoms with van der Waals surface area (Å²) in [6, 6.07) is 10.1. The third kappa shape index (κ3) is 8.75. The van der Waals surface area contributed by atoms with Crippen molar-refractivity contribution in [1.82, 2.24) is 0 Å². The fraction of sp³-hybridized carbons (Fsp3) is 0.379. The van der Waals surface area contributed by atoms with Crippen LogP contribution in [-0.2, 0) is 42.9 Å². The molecule has 0 aromatic heterocycles. The minimum Gasteiger partial charge on any atom is -0.507 e. The zero-order valence-corrected chi connectivity index (χ0v) is 23.9. The Kier molecular flexibility index (Phi) is 10.8. The van der Waals surface area contributed by atoms with Gasteiger partial charge in [-0.05, 0) is 19.1 Å². The Bertz CT molecular complexity index is 1390. The van der Waals surface area contributed by atoms with Gasteiger partial charge in [0.05, 0.1) is 5.56 Å². The first-order chi connectivity index (χ1) is 20.3. The van der Waals surface area contributed by atoms with Gasteiger partial charge in [0.1, 0.15) is 35.5 Å². The third-order valence-corrected chi connectivity index (χ3v) is 5.82. The average molecular weight is 603 g/mol. The van der Waals surface area contributed by atoms with Gasteiger partial charge in [-0.15, -0.1) is 0 Å². The number of aromatic hydroxyl groups is 1. The highest BCUT2D eigenvalue weighted by Gasteiger charge is 2.53. The molecule has 43 heavy (non-hydrogen) atoms. The topological polar surface area (TPSA) is 187 Å². The van der Waals surface area contributed by atoms with Gasteiger partial charge in [-0.25, -0.2) is 4.79 Å². The molecule has 5 atom stereocenters. The van der Waals surface area contributed by atoms with Crippen molar-refractivity contribution in [3.63, 3.8) is 0 Å². The first-order valence-electron chi connectivity index (χ1n) is 12.9. The van der Waals surface area contributed by atoms with Crippen LogP contribution in [0.15, 0.2) is 42.5 Å². The molecule has 1 aliphatic rings. The van der Waals surface area contributed by atoms with Gasteiger partial charge in [0.25, 0.3) is 0 Å². The van der Waals surface area contributed by atoms with Gasteiger partial charge in [-0.1, -0.05) is 18.2 Å². The van der Waals surface area contributed by atoms with Crippen molar-refractivity contribution < 1.29 is 67.0 Å². The second-order valence-corrected chi connectivity index (χ2v) is 9.31. The van der Waals surface area contributed by atoms with Crippen LogP contribution in [0, 0.1) is 0 Å². The van der Waals surface area contributed by atoms with E-state index in [0.717, 1.165) is 46.8 Å². The maximum Gasteiger partial charge on any atom is 0.343 e. The predicted molar refractivity (Wildman–Crippen MR) is 142 cm³/mol. The summed E-state index contributed by atoms with van der Waals surface area (Å²) in [5.74, 6) is -5.94. The molecular formula is C29H30O14. The summed E-state index contributed by atoms with van der Waals surface area (Å²) in [4.78, 5) is 72.8. The molecule has 1 N–H and O–H groups in total. The van der Waals surface area contributed by atoms with E-state index in [2.05, 4.69) is 0 Å². The van der Waals surface area contributed by atoms with Crippen LogP contribution in [0.1, 0.15) is 55.3 Å². The highest BCUT2D eigenvalue weighted by atomic mass is 16.7. The number of Topliss-reactive ketones (excluding diaryl/α,β-unsaturated/α-hetero) is 1. The molecule has 5 unspecified atom stereocenters. The van der Waals surface area contributed by atoms with Crippen molar-refractivity contribution in [3.8, 4) is 17.2 Å². The van der Waals surface area contributed by atoms with Gasteiger partial charge in [-0.2, -0.15) is 0 Å². The molecule has 0 radical (unpaired) electrons. The maximum absolute atomic E-state index is 12.6. The Morgan fingerprint density at radius 1 is 0.767 bits per heavy atom. The number of benzene rings is 2. The molecule has 14 heteroatoms. The largest absolute Gasteiger partial charge is 0.507 e. The highest BCUT2D eigenvalue weighted by Crippen LogP contribution is 2.37. The van der Waals surface area contributed by atoms with E-state index in [9.17, 15) is 33.9 Å². The van der Waals surface area contributed by atoms with Crippen LogP contribution in [0.25, 0.3) is 0 Å². The predicted octanol–water partition coefficient (Wildman–Crippen LogP) is 2.28. The molecule has 0 saturated carbocycles. The monoisotopic (exact) mass is 602 g/mol. The lowest BCUT2D eigenvalue weighted by molar-refractivity contribution is -0.288. The van der Waals surface area contributed by atoms with Crippen LogP contribution in [0.2, 0.25) is 0 Å². The normalized spacial score (nSPS) is 21.1. The number of ketones is 1. The molecule has 2 aromatic rings. The summed E-state index contributed by atoms with van der Waals surface area (Å²) in [5.41, 5.74) is -0.160. The summed E-state index contributed by atoms with van der Waals surface area (Å²) in [5, 5.41) is 10.7. The molecule has 0 amide bonds. The van der Waals surface area contributed by atoms with Crippen LogP contribution in [0.3, 0.4) is 0 Å². The molecule has 2 aromatic carbocycles. The smallest absolute Gasteiger partial charge is 0.343 e. The lowest BCUT2D eigenvalue weighted by atomic mass is 9.98. The number of hydrogen-bond acceptors (Lipinski definition) is 14. The van der Waals surface area contributed by atoms with Crippen LogP contribution >= 0.6 is 0 Å². The van der Waals surface area contributed by atoms with Gasteiger partial charge >= 0.3 is 29.8 Å². The van der Waals surface area contributed by atoms with Crippen molar-refractivity contribution in [2.45, 2.75) is 65.3 Å². The highest BCUT2D eigenvalue weighted by molar-refractivity contribution is 6.00. The molecule has 1 saturated heterocycles. The van der Waals surface area contributed by atoms with Gasteiger partial charge in [0.15, 0.2) is 18.0 Å². The lowest BCUT2D eigenvalue weighted by Gasteiger charge is -2.44. The lowest BCUT2D eigenvalue weighted by Crippen LogP contribution is -2.63. The van der Waals surface area contributed by atoms with Gasteiger partial charge in [0.2, 0.25) is 12.4 Å². The molecular weight excluding hydrogens is 572 g/mol. The molecule has 0 spiro atoms. The molecule has 1 aliphatic heterocycles. The average Bonchev–Trinajstić information content (AvgIpc) is 2.90. The van der Waals surface area contributed by atoms with Gasteiger partial charge in [-0.3, -0.25) is 24.0 Å². The minimum absolute atomic E-state index is 0.194. The molecule has 3 rings (SSSR count). The van der Waals surface area contributed by atoms with E-state index in [1.165, 1.54) is 12.1 Å². The van der Waals surface area contributed by atoms with Crippen LogP contribution in [0.5, 0.6) is 17.2 Å². The standard InChI is InChI=1S/C29H30O14/c1-14(30)24-21(35)11-20(41-28(36)19-9-7-6-8-10-19)12-22(24)42-29-27(40-18(5)34)26(39-17(4)33)25(38-16(3)32)23(43-29)13-37-15(2)31/h6-12,23,25-27,29,35H,13H2,1-5H3. The Balaban J connectivity index is 2.08. The number of hydrogen-bond donors (Lipinski definition) is 1. The quantitative estimate of drug-likeness (QED) is 0.180. The summed E-state index contributed by atoms with van der Waals surface area (Å²) in [6.45, 7) is 4.90. The SMILES string of the molecule is CC(=O)OCC1OC(Oc2cc(OC(=O)c3ccccc3)cc(O)c2C(C)=O)C(OC(C)=O)C(OC(C)=O)C1OC(C)=O. The van der Waals surface area contributed by atoms with Crippen molar-refractivity contribution in [2.24, 2.45) is 0 Å². The van der Waals surface area contributed by atoms with E-state index in [0.29, 0.717) is 0 Å². The van der Waals surface area contributed by atoms with E-state index in [4.69, 9.17) is 33.2 Å². The zero-order valence-electron chi connectivity index (χ0n) is 23.9. The zero-order chi connectivity index (χ0) is 31.8. The fourth-order valence-corrected chi connectivity index (χ4v) is 4.23. The number of carbonyl (C=O) groups excluding carboxylic acids is 6. The van der Waals surface area contributed by atoms with Crippen molar-refractivity contribution in [1.29, 1.82) is 0 Å². The Morgan fingerprint density at radius 2 is 1.35 bits per heavy atom. The minimum atomic E-state index is -1.71.